The largest absolute Gasteiger partial charge is 0.365 e. The van der Waals surface area contributed by atoms with Crippen molar-refractivity contribution in [1.29, 1.82) is 0 Å². The summed E-state index contributed by atoms with van der Waals surface area (Å²) in [6.07, 6.45) is 1.99. The van der Waals surface area contributed by atoms with E-state index in [1.807, 2.05) is 18.2 Å². The van der Waals surface area contributed by atoms with Crippen LogP contribution in [-0.4, -0.2) is 27.3 Å². The minimum Gasteiger partial charge on any atom is -0.365 e. The van der Waals surface area contributed by atoms with Crippen LogP contribution in [0.15, 0.2) is 42.5 Å². The maximum absolute atomic E-state index is 14.1. The Morgan fingerprint density at radius 3 is 2.81 bits per heavy atom. The van der Waals surface area contributed by atoms with E-state index in [0.717, 1.165) is 31.8 Å². The van der Waals surface area contributed by atoms with Crippen molar-refractivity contribution in [2.75, 3.05) is 6.54 Å². The summed E-state index contributed by atoms with van der Waals surface area (Å²) in [5.41, 5.74) is 7.08. The fourth-order valence-corrected chi connectivity index (χ4v) is 3.88. The molecular weight excluding hydrogens is 331 g/mol. The lowest BCUT2D eigenvalue weighted by atomic mass is 9.97. The molecule has 6 heteroatoms. The number of hydrogen-bond acceptors (Lipinski definition) is 3. The molecule has 1 saturated heterocycles. The Labute approximate surface area is 151 Å². The topological polar surface area (TPSA) is 75.0 Å². The minimum absolute atomic E-state index is 0.152. The first-order valence-corrected chi connectivity index (χ1v) is 8.76. The Balaban J connectivity index is 1.75. The number of aromatic amines is 1. The zero-order chi connectivity index (χ0) is 18.3. The second kappa shape index (κ2) is 6.21. The van der Waals surface area contributed by atoms with Gasteiger partial charge >= 0.3 is 0 Å². The third-order valence-corrected chi connectivity index (χ3v) is 5.37. The van der Waals surface area contributed by atoms with E-state index >= 15 is 0 Å². The van der Waals surface area contributed by atoms with Crippen LogP contribution < -0.4 is 5.73 Å². The van der Waals surface area contributed by atoms with Crippen molar-refractivity contribution in [1.82, 2.24) is 14.9 Å². The number of H-pyrrole nitrogens is 1. The molecule has 0 saturated carbocycles. The summed E-state index contributed by atoms with van der Waals surface area (Å²) < 4.78 is 14.1. The molecule has 0 radical (unpaired) electrons. The van der Waals surface area contributed by atoms with Gasteiger partial charge in [-0.05, 0) is 44.0 Å². The lowest BCUT2D eigenvalue weighted by molar-refractivity contribution is 0.0998. The summed E-state index contributed by atoms with van der Waals surface area (Å²) >= 11 is 0. The molecule has 0 unspecified atom stereocenters. The van der Waals surface area contributed by atoms with E-state index in [1.54, 1.807) is 6.07 Å². The number of primary amides is 1. The Hall–Kier alpha value is -2.73. The molecule has 0 aliphatic carbocycles. The third-order valence-electron chi connectivity index (χ3n) is 5.37. The number of benzene rings is 2. The first-order chi connectivity index (χ1) is 12.5. The van der Waals surface area contributed by atoms with Gasteiger partial charge in [0.1, 0.15) is 22.7 Å². The second-order valence-corrected chi connectivity index (χ2v) is 7.05. The molecule has 1 aromatic heterocycles. The summed E-state index contributed by atoms with van der Waals surface area (Å²) in [7, 11) is 0. The van der Waals surface area contributed by atoms with E-state index in [9.17, 15) is 9.18 Å². The molecule has 1 atom stereocenters. The Kier molecular flexibility index (Phi) is 4.00. The predicted octanol–water partition coefficient (Wildman–Crippen LogP) is 3.31. The Bertz CT molecular complexity index is 969. The molecule has 0 bridgehead atoms. The van der Waals surface area contributed by atoms with Crippen molar-refractivity contribution >= 4 is 16.9 Å². The average Bonchev–Trinajstić information content (AvgIpc) is 3.20. The van der Waals surface area contributed by atoms with Gasteiger partial charge in [-0.25, -0.2) is 9.37 Å². The molecule has 1 fully saturated rings. The highest BCUT2D eigenvalue weighted by atomic mass is 19.1. The maximum atomic E-state index is 14.1. The molecule has 4 rings (SSSR count). The van der Waals surface area contributed by atoms with Crippen LogP contribution in [0, 0.1) is 5.82 Å². The number of nitrogens with one attached hydrogen (secondary N) is 1. The van der Waals surface area contributed by atoms with Gasteiger partial charge in [0, 0.05) is 6.54 Å². The number of carbonyl (C=O) groups excluding carboxylic acids is 1. The fourth-order valence-electron chi connectivity index (χ4n) is 3.88. The van der Waals surface area contributed by atoms with Crippen molar-refractivity contribution in [2.24, 2.45) is 5.73 Å². The van der Waals surface area contributed by atoms with Crippen molar-refractivity contribution < 1.29 is 9.18 Å². The van der Waals surface area contributed by atoms with E-state index < -0.39 is 11.7 Å². The summed E-state index contributed by atoms with van der Waals surface area (Å²) in [6, 6.07) is 13.1. The predicted molar refractivity (Wildman–Crippen MR) is 98.0 cm³/mol. The molecule has 1 aliphatic rings. The molecule has 5 nitrogen and oxygen atoms in total. The number of amides is 1. The standard InChI is InChI=1S/C20H21FN4O/c1-20(10-5-11-25(20)12-13-6-3-2-4-7-13)19-23-15-9-8-14(21)16(18(22)26)17(15)24-19/h2-4,6-9H,5,10-12H2,1H3,(H2,22,26)(H,23,24)/t20-/m0/s1. The van der Waals surface area contributed by atoms with Crippen molar-refractivity contribution in [3.63, 3.8) is 0 Å². The quantitative estimate of drug-likeness (QED) is 0.756. The summed E-state index contributed by atoms with van der Waals surface area (Å²) in [4.78, 5) is 21.9. The monoisotopic (exact) mass is 352 g/mol. The summed E-state index contributed by atoms with van der Waals surface area (Å²) in [5, 5.41) is 0. The molecule has 3 N–H and O–H groups in total. The van der Waals surface area contributed by atoms with Gasteiger partial charge in [0.05, 0.1) is 11.1 Å². The third kappa shape index (κ3) is 2.66. The van der Waals surface area contributed by atoms with Gasteiger partial charge < -0.3 is 10.7 Å². The van der Waals surface area contributed by atoms with Crippen LogP contribution in [0.2, 0.25) is 0 Å². The van der Waals surface area contributed by atoms with Gasteiger partial charge in [0.25, 0.3) is 5.91 Å². The number of likely N-dealkylation sites (tertiary alicyclic amines) is 1. The lowest BCUT2D eigenvalue weighted by Crippen LogP contribution is -2.39. The first kappa shape index (κ1) is 16.7. The van der Waals surface area contributed by atoms with Gasteiger partial charge in [-0.15, -0.1) is 0 Å². The molecule has 134 valence electrons. The SMILES string of the molecule is C[C@@]1(c2nc3c(C(N)=O)c(F)ccc3[nH]2)CCCN1Cc1ccccc1. The number of nitrogens with two attached hydrogens (primary N) is 1. The van der Waals surface area contributed by atoms with Crippen molar-refractivity contribution in [3.05, 3.63) is 65.2 Å². The molecule has 26 heavy (non-hydrogen) atoms. The fraction of sp³-hybridized carbons (Fsp3) is 0.300. The van der Waals surface area contributed by atoms with Gasteiger partial charge in [-0.1, -0.05) is 30.3 Å². The average molecular weight is 352 g/mol. The normalized spacial score (nSPS) is 20.7. The number of carbonyl (C=O) groups is 1. The number of halogens is 1. The number of rotatable bonds is 4. The van der Waals surface area contributed by atoms with Crippen molar-refractivity contribution in [2.45, 2.75) is 31.8 Å². The maximum Gasteiger partial charge on any atom is 0.253 e. The first-order valence-electron chi connectivity index (χ1n) is 8.76. The zero-order valence-corrected chi connectivity index (χ0v) is 14.6. The molecule has 0 spiro atoms. The number of fused-ring (bicyclic) bond motifs is 1. The van der Waals surface area contributed by atoms with Gasteiger partial charge in [0.15, 0.2) is 0 Å². The van der Waals surface area contributed by atoms with E-state index in [4.69, 9.17) is 5.73 Å². The van der Waals surface area contributed by atoms with Crippen LogP contribution in [0.25, 0.3) is 11.0 Å². The van der Waals surface area contributed by atoms with Crippen LogP contribution in [0.3, 0.4) is 0 Å². The molecular formula is C20H21FN4O. The number of aromatic nitrogens is 2. The van der Waals surface area contributed by atoms with E-state index in [2.05, 4.69) is 33.9 Å². The van der Waals surface area contributed by atoms with Crippen molar-refractivity contribution in [3.8, 4) is 0 Å². The van der Waals surface area contributed by atoms with E-state index in [1.165, 1.54) is 11.6 Å². The lowest BCUT2D eigenvalue weighted by Gasteiger charge is -2.33. The minimum atomic E-state index is -0.802. The number of hydrogen-bond donors (Lipinski definition) is 2. The second-order valence-electron chi connectivity index (χ2n) is 7.05. The van der Waals surface area contributed by atoms with E-state index in [0.29, 0.717) is 11.0 Å². The number of imidazole rings is 1. The zero-order valence-electron chi connectivity index (χ0n) is 14.6. The molecule has 1 amide bonds. The van der Waals surface area contributed by atoms with Crippen LogP contribution in [-0.2, 0) is 12.1 Å². The van der Waals surface area contributed by atoms with Gasteiger partial charge in [-0.3, -0.25) is 9.69 Å². The van der Waals surface area contributed by atoms with E-state index in [-0.39, 0.29) is 11.1 Å². The number of nitrogens with zero attached hydrogens (tertiary/aromatic N) is 2. The highest BCUT2D eigenvalue weighted by Gasteiger charge is 2.40. The highest BCUT2D eigenvalue weighted by molar-refractivity contribution is 6.04. The van der Waals surface area contributed by atoms with Crippen LogP contribution in [0.4, 0.5) is 4.39 Å². The Morgan fingerprint density at radius 1 is 1.31 bits per heavy atom. The van der Waals surface area contributed by atoms with Gasteiger partial charge in [-0.2, -0.15) is 0 Å². The molecule has 2 heterocycles. The van der Waals surface area contributed by atoms with Crippen LogP contribution in [0.5, 0.6) is 0 Å². The highest BCUT2D eigenvalue weighted by Crippen LogP contribution is 2.39. The summed E-state index contributed by atoms with van der Waals surface area (Å²) in [6.45, 7) is 3.91. The van der Waals surface area contributed by atoms with Crippen LogP contribution >= 0.6 is 0 Å². The smallest absolute Gasteiger partial charge is 0.253 e. The Morgan fingerprint density at radius 2 is 2.08 bits per heavy atom. The van der Waals surface area contributed by atoms with Gasteiger partial charge in [0.2, 0.25) is 0 Å². The summed E-state index contributed by atoms with van der Waals surface area (Å²) in [5.74, 6) is -0.696. The molecule has 2 aromatic carbocycles. The molecule has 3 aromatic rings. The van der Waals surface area contributed by atoms with Crippen LogP contribution in [0.1, 0.15) is 41.5 Å². The molecule has 1 aliphatic heterocycles.